The molecule has 0 spiro atoms. The zero-order valence-electron chi connectivity index (χ0n) is 40.4. The zero-order chi connectivity index (χ0) is 50.5. The van der Waals surface area contributed by atoms with Crippen molar-refractivity contribution in [2.45, 2.75) is 155 Å². The number of hydrogen-bond donors (Lipinski definition) is 11. The highest BCUT2D eigenvalue weighted by Gasteiger charge is 2.39. The summed E-state index contributed by atoms with van der Waals surface area (Å²) in [7, 11) is 0. The molecule has 0 unspecified atom stereocenters. The minimum Gasteiger partial charge on any atom is -0.508 e. The summed E-state index contributed by atoms with van der Waals surface area (Å²) in [5.74, 6) is -6.29. The number of carboxylic acids is 1. The van der Waals surface area contributed by atoms with E-state index in [1.54, 1.807) is 19.1 Å². The molecule has 0 radical (unpaired) electrons. The number of hydrogen-bond acceptors (Lipinski definition) is 11. The molecule has 1 aromatic rings. The van der Waals surface area contributed by atoms with Gasteiger partial charge in [-0.25, -0.2) is 4.79 Å². The first-order chi connectivity index (χ1) is 31.4. The van der Waals surface area contributed by atoms with Gasteiger partial charge < -0.3 is 64.2 Å². The number of benzene rings is 1. The Morgan fingerprint density at radius 3 is 1.87 bits per heavy atom. The van der Waals surface area contributed by atoms with Crippen LogP contribution in [0.4, 0.5) is 0 Å². The highest BCUT2D eigenvalue weighted by molar-refractivity contribution is 5.97. The summed E-state index contributed by atoms with van der Waals surface area (Å²) < 4.78 is 0. The number of carbonyl (C=O) groups is 8. The van der Waals surface area contributed by atoms with E-state index in [0.717, 1.165) is 0 Å². The maximum absolute atomic E-state index is 14.3. The number of nitrogens with one attached hydrogen (secondary N) is 6. The lowest BCUT2D eigenvalue weighted by Gasteiger charge is -2.31. The van der Waals surface area contributed by atoms with Gasteiger partial charge in [0, 0.05) is 13.1 Å². The second kappa shape index (κ2) is 28.2. The molecule has 1 fully saturated rings. The molecular weight excluding hydrogens is 867 g/mol. The number of carbonyl (C=O) groups excluding carboxylic acids is 7. The first-order valence-electron chi connectivity index (χ1n) is 23.3. The molecule has 1 heterocycles. The third-order valence-corrected chi connectivity index (χ3v) is 11.4. The van der Waals surface area contributed by atoms with Gasteiger partial charge in [0.05, 0.1) is 12.6 Å². The van der Waals surface area contributed by atoms with E-state index >= 15 is 0 Å². The molecule has 1 aromatic carbocycles. The Kier molecular flexibility index (Phi) is 24.1. The number of aliphatic imine (C=N–C) groups is 1. The quantitative estimate of drug-likeness (QED) is 0.0303. The van der Waals surface area contributed by atoms with E-state index in [1.165, 1.54) is 17.0 Å². The molecule has 67 heavy (non-hydrogen) atoms. The van der Waals surface area contributed by atoms with Crippen molar-refractivity contribution in [3.05, 3.63) is 29.8 Å². The van der Waals surface area contributed by atoms with Crippen molar-refractivity contribution in [2.75, 3.05) is 19.6 Å². The van der Waals surface area contributed by atoms with E-state index in [1.807, 2.05) is 48.5 Å². The lowest BCUT2D eigenvalue weighted by molar-refractivity contribution is -0.143. The van der Waals surface area contributed by atoms with Gasteiger partial charge in [-0.05, 0) is 92.7 Å². The molecule has 1 aliphatic heterocycles. The van der Waals surface area contributed by atoms with Gasteiger partial charge in [-0.2, -0.15) is 0 Å². The summed E-state index contributed by atoms with van der Waals surface area (Å²) in [5.41, 5.74) is 17.9. The van der Waals surface area contributed by atoms with Gasteiger partial charge in [0.25, 0.3) is 0 Å². The van der Waals surface area contributed by atoms with E-state index < -0.39 is 96.2 Å². The summed E-state index contributed by atoms with van der Waals surface area (Å²) in [5, 5.41) is 35.3. The smallest absolute Gasteiger partial charge is 0.326 e. The van der Waals surface area contributed by atoms with Crippen LogP contribution in [0.25, 0.3) is 0 Å². The first kappa shape index (κ1) is 57.1. The lowest BCUT2D eigenvalue weighted by Crippen LogP contribution is -2.60. The molecule has 0 aliphatic carbocycles. The first-order valence-corrected chi connectivity index (χ1v) is 23.3. The minimum atomic E-state index is -1.21. The van der Waals surface area contributed by atoms with Gasteiger partial charge in [-0.1, -0.05) is 73.9 Å². The van der Waals surface area contributed by atoms with Gasteiger partial charge in [0.15, 0.2) is 5.96 Å². The minimum absolute atomic E-state index is 0.0169. The van der Waals surface area contributed by atoms with Crippen LogP contribution in [0.1, 0.15) is 112 Å². The third kappa shape index (κ3) is 20.2. The fraction of sp³-hybridized carbons (Fsp3) is 0.674. The highest BCUT2D eigenvalue weighted by atomic mass is 16.4. The van der Waals surface area contributed by atoms with Crippen LogP contribution in [0, 0.1) is 23.7 Å². The molecule has 21 nitrogen and oxygen atoms in total. The summed E-state index contributed by atoms with van der Waals surface area (Å²) >= 11 is 0. The number of aliphatic carboxylic acids is 1. The number of guanidine groups is 1. The maximum atomic E-state index is 14.3. The van der Waals surface area contributed by atoms with Crippen molar-refractivity contribution >= 4 is 53.3 Å². The number of amides is 7. The van der Waals surface area contributed by atoms with Crippen molar-refractivity contribution in [1.29, 1.82) is 0 Å². The number of rotatable bonds is 28. The SMILES string of the molecule is CC[C@H](C)[C@H](NC(=O)[C@@H](N)Cc1ccc(O)cc1)C(=O)N[C@@H](CCCN=C(N)N)C(=O)N[C@@H](CC(C)C)C(=O)N1CCC[C@H]1C(=O)NCC(=O)N[C@@H](CC(C)C)C(=O)N[C@@H](CC(C)C)C(=O)O. The second-order valence-electron chi connectivity index (χ2n) is 18.7. The number of phenolic OH excluding ortho intramolecular Hbond substituents is 1. The molecule has 0 aromatic heterocycles. The Hall–Kier alpha value is -5.99. The molecular formula is C46H77N11O10. The van der Waals surface area contributed by atoms with Crippen molar-refractivity contribution in [1.82, 2.24) is 36.8 Å². The van der Waals surface area contributed by atoms with E-state index in [2.05, 4.69) is 36.9 Å². The van der Waals surface area contributed by atoms with E-state index in [0.29, 0.717) is 18.4 Å². The fourth-order valence-corrected chi connectivity index (χ4v) is 7.64. The highest BCUT2D eigenvalue weighted by Crippen LogP contribution is 2.21. The summed E-state index contributed by atoms with van der Waals surface area (Å²) in [6.45, 7) is 14.5. The van der Waals surface area contributed by atoms with Crippen molar-refractivity contribution in [3.8, 4) is 5.75 Å². The van der Waals surface area contributed by atoms with Crippen molar-refractivity contribution in [3.63, 3.8) is 0 Å². The van der Waals surface area contributed by atoms with Gasteiger partial charge in [-0.15, -0.1) is 0 Å². The van der Waals surface area contributed by atoms with Crippen LogP contribution in [0.15, 0.2) is 29.3 Å². The monoisotopic (exact) mass is 944 g/mol. The van der Waals surface area contributed by atoms with Gasteiger partial charge in [0.1, 0.15) is 42.0 Å². The van der Waals surface area contributed by atoms with Crippen LogP contribution >= 0.6 is 0 Å². The molecule has 0 saturated carbocycles. The Labute approximate surface area is 394 Å². The largest absolute Gasteiger partial charge is 0.508 e. The van der Waals surface area contributed by atoms with Crippen LogP contribution in [-0.2, 0) is 44.8 Å². The fourth-order valence-electron chi connectivity index (χ4n) is 7.64. The topological polar surface area (TPSA) is 343 Å². The summed E-state index contributed by atoms with van der Waals surface area (Å²) in [4.78, 5) is 113. The Morgan fingerprint density at radius 1 is 0.746 bits per heavy atom. The van der Waals surface area contributed by atoms with Crippen LogP contribution in [0.5, 0.6) is 5.75 Å². The molecule has 1 saturated heterocycles. The van der Waals surface area contributed by atoms with E-state index in [9.17, 15) is 48.6 Å². The Bertz CT molecular complexity index is 1860. The van der Waals surface area contributed by atoms with Gasteiger partial charge in [-0.3, -0.25) is 38.6 Å². The van der Waals surface area contributed by atoms with Crippen molar-refractivity contribution in [2.24, 2.45) is 45.9 Å². The lowest BCUT2D eigenvalue weighted by atomic mass is 9.96. The molecule has 2 rings (SSSR count). The van der Waals surface area contributed by atoms with Gasteiger partial charge in [0.2, 0.25) is 41.4 Å². The third-order valence-electron chi connectivity index (χ3n) is 11.4. The predicted octanol–water partition coefficient (Wildman–Crippen LogP) is 0.116. The van der Waals surface area contributed by atoms with Crippen LogP contribution in [0.2, 0.25) is 0 Å². The predicted molar refractivity (Wildman–Crippen MR) is 253 cm³/mol. The number of phenols is 1. The van der Waals surface area contributed by atoms with Crippen LogP contribution < -0.4 is 49.1 Å². The van der Waals surface area contributed by atoms with Gasteiger partial charge >= 0.3 is 5.97 Å². The molecule has 0 bridgehead atoms. The number of nitrogens with zero attached hydrogens (tertiary/aromatic N) is 2. The number of carboxylic acid groups (broad SMARTS) is 1. The average molecular weight is 944 g/mol. The zero-order valence-corrected chi connectivity index (χ0v) is 40.4. The number of nitrogens with two attached hydrogens (primary N) is 3. The Morgan fingerprint density at radius 2 is 1.30 bits per heavy atom. The normalized spacial score (nSPS) is 16.7. The number of likely N-dealkylation sites (tertiary alicyclic amines) is 1. The molecule has 14 N–H and O–H groups in total. The average Bonchev–Trinajstić information content (AvgIpc) is 3.74. The molecule has 7 amide bonds. The molecule has 1 aliphatic rings. The molecule has 21 heteroatoms. The van der Waals surface area contributed by atoms with Crippen LogP contribution in [-0.4, -0.2) is 130 Å². The van der Waals surface area contributed by atoms with E-state index in [4.69, 9.17) is 17.2 Å². The van der Waals surface area contributed by atoms with E-state index in [-0.39, 0.29) is 93.4 Å². The van der Waals surface area contributed by atoms with Crippen LogP contribution in [0.3, 0.4) is 0 Å². The summed E-state index contributed by atoms with van der Waals surface area (Å²) in [6, 6.07) is -1.43. The maximum Gasteiger partial charge on any atom is 0.326 e. The molecule has 376 valence electrons. The standard InChI is InChI=1S/C46H77N11O10/c1-9-28(8)38(56-39(60)31(47)23-29-14-16-30(58)17-15-29)43(64)53-32(12-10-18-50-46(48)49)40(61)54-34(21-26(4)5)44(65)57-19-11-13-36(57)42(63)51-24-37(59)52-33(20-25(2)3)41(62)55-35(45(66)67)22-27(6)7/h14-17,25-28,31-36,38,58H,9-13,18-24,47H2,1-8H3,(H,51,63)(H,52,59)(H,53,64)(H,54,61)(H,55,62)(H,56,60)(H,66,67)(H4,48,49,50)/t28-,31-,32-,33-,34-,35-,36-,38-/m0/s1. The Balaban J connectivity index is 2.25. The molecule has 8 atom stereocenters. The summed E-state index contributed by atoms with van der Waals surface area (Å²) in [6.07, 6.45) is 2.23. The second-order valence-corrected chi connectivity index (χ2v) is 18.7. The number of aromatic hydroxyl groups is 1. The van der Waals surface area contributed by atoms with Crippen molar-refractivity contribution < 1.29 is 48.6 Å².